The van der Waals surface area contributed by atoms with E-state index < -0.39 is 0 Å². The van der Waals surface area contributed by atoms with Gasteiger partial charge in [0.05, 0.1) is 17.8 Å². The summed E-state index contributed by atoms with van der Waals surface area (Å²) in [6.45, 7) is 7.88. The lowest BCUT2D eigenvalue weighted by atomic mass is 10.0. The normalized spacial score (nSPS) is 18.4. The van der Waals surface area contributed by atoms with E-state index in [0.29, 0.717) is 19.7 Å². The van der Waals surface area contributed by atoms with Gasteiger partial charge in [0.2, 0.25) is 0 Å². The third kappa shape index (κ3) is 2.20. The first-order valence-electron chi connectivity index (χ1n) is 6.98. The van der Waals surface area contributed by atoms with Crippen molar-refractivity contribution < 1.29 is 9.53 Å². The van der Waals surface area contributed by atoms with Gasteiger partial charge < -0.3 is 14.6 Å². The zero-order valence-electron chi connectivity index (χ0n) is 12.2. The van der Waals surface area contributed by atoms with Gasteiger partial charge in [-0.15, -0.1) is 0 Å². The summed E-state index contributed by atoms with van der Waals surface area (Å²) < 4.78 is 5.68. The maximum absolute atomic E-state index is 12.8. The molecule has 0 atom stereocenters. The van der Waals surface area contributed by atoms with E-state index in [9.17, 15) is 4.79 Å². The number of amides is 1. The lowest BCUT2D eigenvalue weighted by Gasteiger charge is -2.38. The number of aromatic nitrogens is 1. The number of hydrogen-bond donors (Lipinski definition) is 1. The van der Waals surface area contributed by atoms with Crippen LogP contribution in [0.4, 0.5) is 0 Å². The maximum Gasteiger partial charge on any atom is 0.256 e. The van der Waals surface area contributed by atoms with Crippen LogP contribution in [0.2, 0.25) is 0 Å². The highest BCUT2D eigenvalue weighted by Crippen LogP contribution is 2.25. The Morgan fingerprint density at radius 2 is 2.10 bits per heavy atom. The van der Waals surface area contributed by atoms with Crippen LogP contribution in [0, 0.1) is 6.92 Å². The van der Waals surface area contributed by atoms with Crippen molar-refractivity contribution in [2.45, 2.75) is 26.4 Å². The van der Waals surface area contributed by atoms with E-state index in [4.69, 9.17) is 4.74 Å². The molecule has 1 aliphatic rings. The minimum atomic E-state index is -0.270. The van der Waals surface area contributed by atoms with Crippen molar-refractivity contribution in [3.63, 3.8) is 0 Å². The second kappa shape index (κ2) is 4.63. The fourth-order valence-corrected chi connectivity index (χ4v) is 2.90. The van der Waals surface area contributed by atoms with Crippen LogP contribution in [0.15, 0.2) is 24.3 Å². The second-order valence-corrected chi connectivity index (χ2v) is 6.01. The number of H-pyrrole nitrogens is 1. The fraction of sp³-hybridized carbons (Fsp3) is 0.438. The molecule has 1 aromatic heterocycles. The van der Waals surface area contributed by atoms with Gasteiger partial charge >= 0.3 is 0 Å². The van der Waals surface area contributed by atoms with Crippen LogP contribution in [0.1, 0.15) is 29.9 Å². The van der Waals surface area contributed by atoms with Crippen molar-refractivity contribution in [3.05, 3.63) is 35.5 Å². The highest BCUT2D eigenvalue weighted by molar-refractivity contribution is 6.08. The van der Waals surface area contributed by atoms with Crippen LogP contribution in [0.3, 0.4) is 0 Å². The summed E-state index contributed by atoms with van der Waals surface area (Å²) in [6, 6.07) is 7.94. The van der Waals surface area contributed by atoms with Crippen molar-refractivity contribution in [1.82, 2.24) is 9.88 Å². The molecule has 1 fully saturated rings. The van der Waals surface area contributed by atoms with E-state index >= 15 is 0 Å². The zero-order valence-corrected chi connectivity index (χ0v) is 12.2. The Bertz CT molecular complexity index is 658. The number of morpholine rings is 1. The Morgan fingerprint density at radius 1 is 1.35 bits per heavy atom. The highest BCUT2D eigenvalue weighted by Gasteiger charge is 2.31. The minimum Gasteiger partial charge on any atom is -0.372 e. The number of carbonyl (C=O) groups is 1. The lowest BCUT2D eigenvalue weighted by molar-refractivity contribution is -0.0763. The Morgan fingerprint density at radius 3 is 2.85 bits per heavy atom. The molecule has 0 saturated carbocycles. The fourth-order valence-electron chi connectivity index (χ4n) is 2.90. The van der Waals surface area contributed by atoms with Crippen LogP contribution in [0.5, 0.6) is 0 Å². The van der Waals surface area contributed by atoms with Crippen LogP contribution >= 0.6 is 0 Å². The van der Waals surface area contributed by atoms with Crippen molar-refractivity contribution in [3.8, 4) is 0 Å². The number of fused-ring (bicyclic) bond motifs is 1. The molecule has 4 nitrogen and oxygen atoms in total. The number of aromatic amines is 1. The van der Waals surface area contributed by atoms with Crippen LogP contribution in [0.25, 0.3) is 10.9 Å². The standard InChI is InChI=1S/C16H20N2O2/c1-11-14(12-6-4-5-7-13(12)17-11)15(19)18-8-9-20-16(2,3)10-18/h4-7,17H,8-10H2,1-3H3. The summed E-state index contributed by atoms with van der Waals surface area (Å²) in [5.74, 6) is 0.0938. The molecule has 0 aliphatic carbocycles. The minimum absolute atomic E-state index is 0.0938. The van der Waals surface area contributed by atoms with Crippen molar-refractivity contribution in [2.75, 3.05) is 19.7 Å². The summed E-state index contributed by atoms with van der Waals surface area (Å²) >= 11 is 0. The molecule has 3 rings (SSSR count). The van der Waals surface area contributed by atoms with Crippen molar-refractivity contribution in [1.29, 1.82) is 0 Å². The third-order valence-electron chi connectivity index (χ3n) is 3.82. The largest absolute Gasteiger partial charge is 0.372 e. The molecule has 1 aromatic carbocycles. The van der Waals surface area contributed by atoms with Crippen LogP contribution in [-0.4, -0.2) is 41.1 Å². The van der Waals surface area contributed by atoms with Crippen LogP contribution < -0.4 is 0 Å². The zero-order chi connectivity index (χ0) is 14.3. The smallest absolute Gasteiger partial charge is 0.256 e. The molecule has 0 spiro atoms. The van der Waals surface area contributed by atoms with Gasteiger partial charge in [-0.05, 0) is 26.8 Å². The second-order valence-electron chi connectivity index (χ2n) is 6.01. The number of aryl methyl sites for hydroxylation is 1. The molecule has 106 valence electrons. The average Bonchev–Trinajstić information content (AvgIpc) is 2.72. The number of para-hydroxylation sites is 1. The summed E-state index contributed by atoms with van der Waals surface area (Å²) in [5.41, 5.74) is 2.47. The molecule has 2 heterocycles. The number of benzene rings is 1. The SMILES string of the molecule is Cc1[nH]c2ccccc2c1C(=O)N1CCOC(C)(C)C1. The molecule has 2 aromatic rings. The number of hydrogen-bond acceptors (Lipinski definition) is 2. The molecule has 0 radical (unpaired) electrons. The molecule has 4 heteroatoms. The molecule has 1 saturated heterocycles. The first-order valence-corrected chi connectivity index (χ1v) is 6.98. The van der Waals surface area contributed by atoms with Gasteiger partial charge in [0.25, 0.3) is 5.91 Å². The number of ether oxygens (including phenoxy) is 1. The van der Waals surface area contributed by atoms with Gasteiger partial charge in [-0.3, -0.25) is 4.79 Å². The van der Waals surface area contributed by atoms with Gasteiger partial charge in [-0.1, -0.05) is 18.2 Å². The monoisotopic (exact) mass is 272 g/mol. The van der Waals surface area contributed by atoms with Crippen LogP contribution in [-0.2, 0) is 4.74 Å². The predicted molar refractivity (Wildman–Crippen MR) is 79.0 cm³/mol. The number of rotatable bonds is 1. The average molecular weight is 272 g/mol. The van der Waals surface area contributed by atoms with Gasteiger partial charge in [0.15, 0.2) is 0 Å². The predicted octanol–water partition coefficient (Wildman–Crippen LogP) is 2.73. The van der Waals surface area contributed by atoms with E-state index in [1.54, 1.807) is 0 Å². The number of nitrogens with zero attached hydrogens (tertiary/aromatic N) is 1. The summed E-state index contributed by atoms with van der Waals surface area (Å²) in [5, 5.41) is 0.999. The first kappa shape index (κ1) is 13.2. The van der Waals surface area contributed by atoms with Crippen molar-refractivity contribution in [2.24, 2.45) is 0 Å². The Balaban J connectivity index is 1.98. The molecule has 1 amide bonds. The highest BCUT2D eigenvalue weighted by atomic mass is 16.5. The molecular weight excluding hydrogens is 252 g/mol. The number of nitrogens with one attached hydrogen (secondary N) is 1. The topological polar surface area (TPSA) is 45.3 Å². The molecule has 1 N–H and O–H groups in total. The lowest BCUT2D eigenvalue weighted by Crippen LogP contribution is -2.50. The molecule has 0 bridgehead atoms. The molecule has 0 unspecified atom stereocenters. The Hall–Kier alpha value is -1.81. The maximum atomic E-state index is 12.8. The van der Waals surface area contributed by atoms with Gasteiger partial charge in [-0.25, -0.2) is 0 Å². The Labute approximate surface area is 118 Å². The Kier molecular flexibility index (Phi) is 3.05. The molecular formula is C16H20N2O2. The van der Waals surface area contributed by atoms with E-state index in [-0.39, 0.29) is 11.5 Å². The third-order valence-corrected chi connectivity index (χ3v) is 3.82. The quantitative estimate of drug-likeness (QED) is 0.867. The van der Waals surface area contributed by atoms with E-state index in [0.717, 1.165) is 22.2 Å². The van der Waals surface area contributed by atoms with Crippen molar-refractivity contribution >= 4 is 16.8 Å². The van der Waals surface area contributed by atoms with E-state index in [1.807, 2.05) is 49.9 Å². The van der Waals surface area contributed by atoms with Gasteiger partial charge in [-0.2, -0.15) is 0 Å². The summed E-state index contributed by atoms with van der Waals surface area (Å²) in [7, 11) is 0. The molecule has 1 aliphatic heterocycles. The van der Waals surface area contributed by atoms with Gasteiger partial charge in [0.1, 0.15) is 0 Å². The van der Waals surface area contributed by atoms with Gasteiger partial charge in [0, 0.05) is 29.7 Å². The number of carbonyl (C=O) groups excluding carboxylic acids is 1. The summed E-state index contributed by atoms with van der Waals surface area (Å²) in [6.07, 6.45) is 0. The van der Waals surface area contributed by atoms with E-state index in [2.05, 4.69) is 4.98 Å². The van der Waals surface area contributed by atoms with E-state index in [1.165, 1.54) is 0 Å². The summed E-state index contributed by atoms with van der Waals surface area (Å²) in [4.78, 5) is 18.0. The first-order chi connectivity index (χ1) is 9.48. The molecule has 20 heavy (non-hydrogen) atoms.